The lowest BCUT2D eigenvalue weighted by Gasteiger charge is -1.96. The first kappa shape index (κ1) is 10.2. The van der Waals surface area contributed by atoms with Crippen molar-refractivity contribution < 1.29 is 14.7 Å². The van der Waals surface area contributed by atoms with Crippen molar-refractivity contribution >= 4 is 11.8 Å². The molecule has 0 saturated carbocycles. The summed E-state index contributed by atoms with van der Waals surface area (Å²) in [7, 11) is 0. The number of carbonyl (C=O) groups excluding carboxylic acids is 1. The van der Waals surface area contributed by atoms with Crippen LogP contribution in [0.15, 0.2) is 36.4 Å². The molecule has 3 heteroatoms. The van der Waals surface area contributed by atoms with Crippen molar-refractivity contribution in [2.45, 2.75) is 6.92 Å². The van der Waals surface area contributed by atoms with Gasteiger partial charge in [-0.25, -0.2) is 4.79 Å². The van der Waals surface area contributed by atoms with Crippen molar-refractivity contribution in [3.63, 3.8) is 0 Å². The van der Waals surface area contributed by atoms with Gasteiger partial charge in [0.2, 0.25) is 0 Å². The molecule has 1 aromatic carbocycles. The summed E-state index contributed by atoms with van der Waals surface area (Å²) >= 11 is 0. The Balaban J connectivity index is 2.85. The quantitative estimate of drug-likeness (QED) is 0.584. The number of rotatable bonds is 3. The molecule has 0 saturated heterocycles. The fourth-order valence-corrected chi connectivity index (χ4v) is 1.04. The Morgan fingerprint density at radius 1 is 1.29 bits per heavy atom. The van der Waals surface area contributed by atoms with Gasteiger partial charge in [-0.05, 0) is 19.1 Å². The highest BCUT2D eigenvalue weighted by atomic mass is 16.4. The second-order valence-electron chi connectivity index (χ2n) is 2.91. The predicted octanol–water partition coefficient (Wildman–Crippen LogP) is 1.82. The normalized spacial score (nSPS) is 10.4. The van der Waals surface area contributed by atoms with Crippen LogP contribution < -0.4 is 0 Å². The van der Waals surface area contributed by atoms with E-state index in [2.05, 4.69) is 0 Å². The van der Waals surface area contributed by atoms with Crippen LogP contribution in [0.1, 0.15) is 15.9 Å². The first-order valence-electron chi connectivity index (χ1n) is 4.11. The average Bonchev–Trinajstić information content (AvgIpc) is 2.14. The Labute approximate surface area is 81.7 Å². The smallest absolute Gasteiger partial charge is 0.328 e. The second kappa shape index (κ2) is 4.37. The van der Waals surface area contributed by atoms with Gasteiger partial charge in [0, 0.05) is 11.6 Å². The van der Waals surface area contributed by atoms with E-state index in [4.69, 9.17) is 5.11 Å². The lowest BCUT2D eigenvalue weighted by atomic mass is 10.1. The van der Waals surface area contributed by atoms with Gasteiger partial charge in [-0.1, -0.05) is 23.8 Å². The van der Waals surface area contributed by atoms with Crippen molar-refractivity contribution in [3.05, 3.63) is 47.5 Å². The van der Waals surface area contributed by atoms with Gasteiger partial charge in [0.1, 0.15) is 0 Å². The molecule has 0 aliphatic heterocycles. The van der Waals surface area contributed by atoms with Gasteiger partial charge in [-0.15, -0.1) is 0 Å². The number of hydrogen-bond donors (Lipinski definition) is 1. The molecule has 0 heterocycles. The SMILES string of the molecule is Cc1cccc(C(=O)C=CC(=O)O)c1. The van der Waals surface area contributed by atoms with Crippen LogP contribution in [0.2, 0.25) is 0 Å². The molecule has 1 N–H and O–H groups in total. The number of carboxylic acids is 1. The zero-order valence-corrected chi connectivity index (χ0v) is 7.73. The first-order chi connectivity index (χ1) is 6.59. The molecule has 0 aromatic heterocycles. The fraction of sp³-hybridized carbons (Fsp3) is 0.0909. The number of ketones is 1. The maximum Gasteiger partial charge on any atom is 0.328 e. The predicted molar refractivity (Wildman–Crippen MR) is 52.3 cm³/mol. The summed E-state index contributed by atoms with van der Waals surface area (Å²) in [5.41, 5.74) is 1.47. The van der Waals surface area contributed by atoms with Gasteiger partial charge in [-0.3, -0.25) is 4.79 Å². The standard InChI is InChI=1S/C11H10O3/c1-8-3-2-4-9(7-8)10(12)5-6-11(13)14/h2-7H,1H3,(H,13,14). The summed E-state index contributed by atoms with van der Waals surface area (Å²) in [5, 5.41) is 8.32. The van der Waals surface area contributed by atoms with Crippen molar-refractivity contribution in [3.8, 4) is 0 Å². The lowest BCUT2D eigenvalue weighted by Crippen LogP contribution is -1.96. The van der Waals surface area contributed by atoms with Gasteiger partial charge >= 0.3 is 5.97 Å². The number of aliphatic carboxylic acids is 1. The molecule has 0 atom stereocenters. The molecule has 3 nitrogen and oxygen atoms in total. The molecule has 1 rings (SSSR count). The van der Waals surface area contributed by atoms with E-state index < -0.39 is 5.97 Å². The number of aryl methyl sites for hydroxylation is 1. The number of hydrogen-bond acceptors (Lipinski definition) is 2. The van der Waals surface area contributed by atoms with E-state index in [1.165, 1.54) is 0 Å². The Hall–Kier alpha value is -1.90. The third-order valence-electron chi connectivity index (χ3n) is 1.68. The summed E-state index contributed by atoms with van der Waals surface area (Å²) in [4.78, 5) is 21.5. The van der Waals surface area contributed by atoms with E-state index in [0.29, 0.717) is 5.56 Å². The van der Waals surface area contributed by atoms with E-state index in [1.807, 2.05) is 13.0 Å². The van der Waals surface area contributed by atoms with Gasteiger partial charge in [0.05, 0.1) is 0 Å². The van der Waals surface area contributed by atoms with Gasteiger partial charge in [0.15, 0.2) is 5.78 Å². The molecule has 0 spiro atoms. The summed E-state index contributed by atoms with van der Waals surface area (Å²) in [5.74, 6) is -1.41. The molecule has 0 aliphatic carbocycles. The van der Waals surface area contributed by atoms with Crippen LogP contribution in [0.25, 0.3) is 0 Å². The molecular weight excluding hydrogens is 180 g/mol. The molecule has 72 valence electrons. The van der Waals surface area contributed by atoms with Crippen LogP contribution in [-0.2, 0) is 4.79 Å². The highest BCUT2D eigenvalue weighted by Gasteiger charge is 2.01. The van der Waals surface area contributed by atoms with Crippen LogP contribution in [0.5, 0.6) is 0 Å². The minimum absolute atomic E-state index is 0.295. The van der Waals surface area contributed by atoms with Crippen LogP contribution in [0.4, 0.5) is 0 Å². The average molecular weight is 190 g/mol. The summed E-state index contributed by atoms with van der Waals surface area (Å²) in [6.45, 7) is 1.87. The number of carboxylic acid groups (broad SMARTS) is 1. The Morgan fingerprint density at radius 2 is 2.00 bits per heavy atom. The maximum absolute atomic E-state index is 11.4. The number of allylic oxidation sites excluding steroid dienone is 1. The summed E-state index contributed by atoms with van der Waals surface area (Å²) in [6.07, 6.45) is 1.89. The number of carbonyl (C=O) groups is 2. The van der Waals surface area contributed by atoms with Crippen LogP contribution >= 0.6 is 0 Å². The minimum atomic E-state index is -1.12. The zero-order valence-electron chi connectivity index (χ0n) is 7.73. The third kappa shape index (κ3) is 2.86. The van der Waals surface area contributed by atoms with Gasteiger partial charge < -0.3 is 5.11 Å². The van der Waals surface area contributed by atoms with E-state index in [-0.39, 0.29) is 5.78 Å². The van der Waals surface area contributed by atoms with Crippen molar-refractivity contribution in [2.75, 3.05) is 0 Å². The van der Waals surface area contributed by atoms with Gasteiger partial charge in [-0.2, -0.15) is 0 Å². The molecule has 0 fully saturated rings. The molecule has 0 radical (unpaired) electrons. The molecular formula is C11H10O3. The lowest BCUT2D eigenvalue weighted by molar-refractivity contribution is -0.131. The summed E-state index contributed by atoms with van der Waals surface area (Å²) < 4.78 is 0. The van der Waals surface area contributed by atoms with Crippen molar-refractivity contribution in [2.24, 2.45) is 0 Å². The monoisotopic (exact) mass is 190 g/mol. The van der Waals surface area contributed by atoms with E-state index >= 15 is 0 Å². The second-order valence-corrected chi connectivity index (χ2v) is 2.91. The molecule has 0 unspecified atom stereocenters. The first-order valence-corrected chi connectivity index (χ1v) is 4.11. The van der Waals surface area contributed by atoms with Gasteiger partial charge in [0.25, 0.3) is 0 Å². The zero-order chi connectivity index (χ0) is 10.6. The number of benzene rings is 1. The van der Waals surface area contributed by atoms with E-state index in [0.717, 1.165) is 17.7 Å². The highest BCUT2D eigenvalue weighted by Crippen LogP contribution is 2.05. The fourth-order valence-electron chi connectivity index (χ4n) is 1.04. The Bertz CT molecular complexity index is 391. The molecule has 0 aliphatic rings. The maximum atomic E-state index is 11.4. The van der Waals surface area contributed by atoms with E-state index in [1.54, 1.807) is 18.2 Å². The van der Waals surface area contributed by atoms with Crippen molar-refractivity contribution in [1.29, 1.82) is 0 Å². The third-order valence-corrected chi connectivity index (χ3v) is 1.68. The molecule has 1 aromatic rings. The van der Waals surface area contributed by atoms with Crippen LogP contribution in [0.3, 0.4) is 0 Å². The topological polar surface area (TPSA) is 54.4 Å². The largest absolute Gasteiger partial charge is 0.478 e. The highest BCUT2D eigenvalue weighted by molar-refractivity contribution is 6.06. The minimum Gasteiger partial charge on any atom is -0.478 e. The molecule has 14 heavy (non-hydrogen) atoms. The Kier molecular flexibility index (Phi) is 3.18. The molecule has 0 amide bonds. The van der Waals surface area contributed by atoms with Crippen molar-refractivity contribution in [1.82, 2.24) is 0 Å². The van der Waals surface area contributed by atoms with E-state index in [9.17, 15) is 9.59 Å². The van der Waals surface area contributed by atoms with Crippen LogP contribution in [0, 0.1) is 6.92 Å². The summed E-state index contributed by atoms with van der Waals surface area (Å²) in [6, 6.07) is 7.00. The Morgan fingerprint density at radius 3 is 2.57 bits per heavy atom. The van der Waals surface area contributed by atoms with Crippen LogP contribution in [-0.4, -0.2) is 16.9 Å². The molecule has 0 bridgehead atoms.